The van der Waals surface area contributed by atoms with Crippen LogP contribution in [0.1, 0.15) is 0 Å². The number of thiocarbonyl (C=S) groups is 2. The molecule has 0 aromatic heterocycles. The zero-order valence-electron chi connectivity index (χ0n) is 15.3. The average Bonchev–Trinajstić information content (AvgIpc) is 2.75. The van der Waals surface area contributed by atoms with Crippen molar-refractivity contribution in [2.75, 3.05) is 13.1 Å². The minimum Gasteiger partial charge on any atom is -0.368 e. The highest BCUT2D eigenvalue weighted by molar-refractivity contribution is 8.26. The molecule has 0 atom stereocenters. The van der Waals surface area contributed by atoms with Gasteiger partial charge in [0.25, 0.3) is 0 Å². The average molecular weight is 523 g/mol. The Morgan fingerprint density at radius 2 is 1.00 bits per heavy atom. The van der Waals surface area contributed by atoms with Gasteiger partial charge in [0.05, 0.1) is 9.79 Å². The van der Waals surface area contributed by atoms with Gasteiger partial charge in [0.15, 0.2) is 0 Å². The number of hydrogen-bond donors (Lipinski definition) is 4. The van der Waals surface area contributed by atoms with E-state index in [2.05, 4.69) is 18.9 Å². The van der Waals surface area contributed by atoms with Gasteiger partial charge in [-0.3, -0.25) is 0 Å². The largest absolute Gasteiger partial charge is 0.368 e. The minimum absolute atomic E-state index is 0.141. The predicted octanol–water partition coefficient (Wildman–Crippen LogP) is 1.99. The summed E-state index contributed by atoms with van der Waals surface area (Å²) in [7, 11) is -7.33. The number of benzene rings is 2. The van der Waals surface area contributed by atoms with Crippen molar-refractivity contribution >= 4 is 77.0 Å². The van der Waals surface area contributed by atoms with Crippen molar-refractivity contribution in [2.45, 2.75) is 9.79 Å². The molecule has 0 amide bonds. The van der Waals surface area contributed by atoms with Crippen LogP contribution in [-0.4, -0.2) is 38.6 Å². The normalized spacial score (nSPS) is 11.6. The van der Waals surface area contributed by atoms with E-state index in [9.17, 15) is 16.8 Å². The molecule has 30 heavy (non-hydrogen) atoms. The number of hydrogen-bond acceptors (Lipinski definition) is 8. The van der Waals surface area contributed by atoms with E-state index in [1.54, 1.807) is 36.4 Å². The van der Waals surface area contributed by atoms with Crippen molar-refractivity contribution in [3.8, 4) is 0 Å². The molecule has 0 aliphatic carbocycles. The molecule has 0 bridgehead atoms. The van der Waals surface area contributed by atoms with Crippen LogP contribution in [-0.2, 0) is 20.0 Å². The second-order valence-corrected chi connectivity index (χ2v) is 12.3. The molecular formula is C16H18N4O4S6. The lowest BCUT2D eigenvalue weighted by atomic mass is 10.4. The summed E-state index contributed by atoms with van der Waals surface area (Å²) in [6.07, 6.45) is 0. The van der Waals surface area contributed by atoms with Crippen molar-refractivity contribution in [2.24, 2.45) is 0 Å². The van der Waals surface area contributed by atoms with Gasteiger partial charge >= 0.3 is 0 Å². The SMILES string of the molecule is O=S(=O)(NSC(=S)NCCNC(=S)SNS(=O)(=O)c1ccccc1)c1ccccc1. The van der Waals surface area contributed by atoms with E-state index in [1.165, 1.54) is 24.3 Å². The monoisotopic (exact) mass is 522 g/mol. The molecule has 162 valence electrons. The first-order chi connectivity index (χ1) is 14.2. The van der Waals surface area contributed by atoms with Gasteiger partial charge in [0, 0.05) is 37.0 Å². The molecule has 0 saturated carbocycles. The summed E-state index contributed by atoms with van der Waals surface area (Å²) in [4.78, 5) is 0.282. The molecule has 8 nitrogen and oxygen atoms in total. The summed E-state index contributed by atoms with van der Waals surface area (Å²) in [5.74, 6) is 0. The van der Waals surface area contributed by atoms with E-state index in [1.807, 2.05) is 0 Å². The number of nitrogens with one attached hydrogen (secondary N) is 4. The van der Waals surface area contributed by atoms with Crippen molar-refractivity contribution < 1.29 is 16.8 Å². The van der Waals surface area contributed by atoms with Gasteiger partial charge in [0.1, 0.15) is 8.64 Å². The van der Waals surface area contributed by atoms with Crippen LogP contribution in [0.2, 0.25) is 0 Å². The lowest BCUT2D eigenvalue weighted by Gasteiger charge is -2.11. The van der Waals surface area contributed by atoms with Gasteiger partial charge in [-0.05, 0) is 24.3 Å². The molecule has 14 heteroatoms. The van der Waals surface area contributed by atoms with Crippen molar-refractivity contribution in [3.05, 3.63) is 60.7 Å². The topological polar surface area (TPSA) is 116 Å². The second kappa shape index (κ2) is 12.0. The maximum atomic E-state index is 12.1. The first-order valence-electron chi connectivity index (χ1n) is 8.24. The summed E-state index contributed by atoms with van der Waals surface area (Å²) < 4.78 is 53.6. The van der Waals surface area contributed by atoms with E-state index in [0.717, 1.165) is 23.9 Å². The Balaban J connectivity index is 1.65. The molecule has 0 fully saturated rings. The Bertz CT molecular complexity index is 976. The van der Waals surface area contributed by atoms with E-state index in [-0.39, 0.29) is 18.4 Å². The van der Waals surface area contributed by atoms with Crippen LogP contribution in [0.5, 0.6) is 0 Å². The van der Waals surface area contributed by atoms with Gasteiger partial charge in [-0.15, -0.1) is 8.25 Å². The standard InChI is InChI=1S/C16H18N4O4S6/c21-29(22,13-7-3-1-4-8-13)19-27-15(25)17-11-12-18-16(26)28-20-30(23,24)14-9-5-2-6-10-14/h1-10,19-20H,11-12H2,(H,17,25)(H,18,26). The highest BCUT2D eigenvalue weighted by atomic mass is 32.3. The summed E-state index contributed by atoms with van der Waals surface area (Å²) in [5.41, 5.74) is 0. The first kappa shape index (κ1) is 25.0. The third-order valence-corrected chi connectivity index (χ3v) is 8.91. The smallest absolute Gasteiger partial charge is 0.250 e. The highest BCUT2D eigenvalue weighted by Gasteiger charge is 2.15. The Morgan fingerprint density at radius 3 is 1.33 bits per heavy atom. The summed E-state index contributed by atoms with van der Waals surface area (Å²) in [6.45, 7) is 0.704. The zero-order valence-corrected chi connectivity index (χ0v) is 20.2. The van der Waals surface area contributed by atoms with Gasteiger partial charge in [-0.1, -0.05) is 60.8 Å². The van der Waals surface area contributed by atoms with E-state index < -0.39 is 20.0 Å². The summed E-state index contributed by atoms with van der Waals surface area (Å²) in [5, 5.41) is 5.72. The lowest BCUT2D eigenvalue weighted by Crippen LogP contribution is -2.34. The maximum Gasteiger partial charge on any atom is 0.250 e. The first-order valence-corrected chi connectivity index (χ1v) is 13.7. The fraction of sp³-hybridized carbons (Fsp3) is 0.125. The Kier molecular flexibility index (Phi) is 9.96. The maximum absolute atomic E-state index is 12.1. The molecule has 0 aliphatic heterocycles. The Labute approximate surface area is 195 Å². The third kappa shape index (κ3) is 8.47. The van der Waals surface area contributed by atoms with Crippen molar-refractivity contribution in [1.82, 2.24) is 18.9 Å². The molecule has 0 heterocycles. The number of sulfonamides is 2. The van der Waals surface area contributed by atoms with Crippen LogP contribution in [0, 0.1) is 0 Å². The molecule has 0 aliphatic rings. The molecule has 0 spiro atoms. The molecule has 4 N–H and O–H groups in total. The fourth-order valence-electron chi connectivity index (χ4n) is 1.88. The van der Waals surface area contributed by atoms with Crippen LogP contribution in [0.15, 0.2) is 70.5 Å². The Morgan fingerprint density at radius 1 is 0.667 bits per heavy atom. The highest BCUT2D eigenvalue weighted by Crippen LogP contribution is 2.12. The second-order valence-electron chi connectivity index (χ2n) is 5.43. The van der Waals surface area contributed by atoms with Gasteiger partial charge < -0.3 is 10.6 Å². The van der Waals surface area contributed by atoms with E-state index >= 15 is 0 Å². The van der Waals surface area contributed by atoms with Gasteiger partial charge in [-0.2, -0.15) is 0 Å². The molecular weight excluding hydrogens is 505 g/mol. The molecule has 2 aromatic rings. The zero-order chi connectivity index (χ0) is 22.0. The van der Waals surface area contributed by atoms with E-state index in [4.69, 9.17) is 24.4 Å². The third-order valence-electron chi connectivity index (χ3n) is 3.26. The van der Waals surface area contributed by atoms with Crippen LogP contribution >= 0.6 is 48.3 Å². The number of rotatable bonds is 9. The van der Waals surface area contributed by atoms with Crippen LogP contribution in [0.3, 0.4) is 0 Å². The molecule has 0 radical (unpaired) electrons. The van der Waals surface area contributed by atoms with Crippen LogP contribution in [0.4, 0.5) is 0 Å². The predicted molar refractivity (Wildman–Crippen MR) is 130 cm³/mol. The van der Waals surface area contributed by atoms with Crippen molar-refractivity contribution in [1.29, 1.82) is 0 Å². The Hall–Kier alpha value is -1.26. The van der Waals surface area contributed by atoms with Crippen molar-refractivity contribution in [3.63, 3.8) is 0 Å². The molecule has 2 aromatic carbocycles. The molecule has 0 unspecified atom stereocenters. The quantitative estimate of drug-likeness (QED) is 0.221. The van der Waals surface area contributed by atoms with Crippen LogP contribution in [0.25, 0.3) is 0 Å². The summed E-state index contributed by atoms with van der Waals surface area (Å²) >= 11 is 11.7. The van der Waals surface area contributed by atoms with Gasteiger partial charge in [0.2, 0.25) is 20.0 Å². The van der Waals surface area contributed by atoms with Gasteiger partial charge in [-0.25, -0.2) is 16.8 Å². The molecule has 0 saturated heterocycles. The van der Waals surface area contributed by atoms with E-state index in [0.29, 0.717) is 13.1 Å². The fourth-order valence-corrected chi connectivity index (χ4v) is 6.33. The van der Waals surface area contributed by atoms with Crippen LogP contribution < -0.4 is 18.9 Å². The minimum atomic E-state index is -3.66. The molecule has 2 rings (SSSR count). The lowest BCUT2D eigenvalue weighted by molar-refractivity contribution is 0.593. The summed E-state index contributed by atoms with van der Waals surface area (Å²) in [6, 6.07) is 15.9.